The molecule has 202 valence electrons. The van der Waals surface area contributed by atoms with Crippen LogP contribution < -0.4 is 0 Å². The predicted octanol–water partition coefficient (Wildman–Crippen LogP) is 1.99. The van der Waals surface area contributed by atoms with Crippen LogP contribution in [0, 0.1) is 0 Å². The van der Waals surface area contributed by atoms with Crippen molar-refractivity contribution in [1.82, 2.24) is 24.6 Å². The van der Waals surface area contributed by atoms with Crippen molar-refractivity contribution >= 4 is 11.9 Å². The number of rotatable bonds is 4. The third kappa shape index (κ3) is 9.46. The lowest BCUT2D eigenvalue weighted by Gasteiger charge is -2.29. The largest absolute Gasteiger partial charge is 0.490 e. The molecule has 0 amide bonds. The fourth-order valence-corrected chi connectivity index (χ4v) is 3.10. The third-order valence-electron chi connectivity index (χ3n) is 4.82. The molecule has 0 aromatic carbocycles. The molecule has 2 N–H and O–H groups in total. The summed E-state index contributed by atoms with van der Waals surface area (Å²) in [7, 11) is 0. The number of carboxylic acid groups (broad SMARTS) is 2. The topological polar surface area (TPSA) is 134 Å². The fourth-order valence-electron chi connectivity index (χ4n) is 3.10. The van der Waals surface area contributed by atoms with Crippen molar-refractivity contribution in [3.63, 3.8) is 0 Å². The number of carboxylic acids is 2. The fraction of sp³-hybridized carbons (Fsp3) is 0.579. The molecule has 0 spiro atoms. The highest BCUT2D eigenvalue weighted by atomic mass is 19.4. The van der Waals surface area contributed by atoms with Gasteiger partial charge in [0.1, 0.15) is 17.4 Å². The molecule has 2 aromatic rings. The number of aromatic nitrogens is 3. The van der Waals surface area contributed by atoms with Gasteiger partial charge < -0.3 is 23.9 Å². The first kappa shape index (κ1) is 29.1. The maximum Gasteiger partial charge on any atom is 0.490 e. The standard InChI is InChI=1S/C15H21N5O2.2C2HF3O2/c1-2-13(22-7-1)10-19-3-4-20-14(16-17-15(20)12-19)11-18-5-8-21-9-6-18;2*3-2(4,5)1(6)7/h1-2,7H,3-6,8-12H2;2*(H,6,7). The molecule has 11 nitrogen and oxygen atoms in total. The number of ether oxygens (including phenoxy) is 1. The van der Waals surface area contributed by atoms with Gasteiger partial charge in [-0.1, -0.05) is 0 Å². The number of halogens is 6. The van der Waals surface area contributed by atoms with E-state index in [0.29, 0.717) is 0 Å². The summed E-state index contributed by atoms with van der Waals surface area (Å²) in [5.74, 6) is -2.38. The molecule has 0 unspecified atom stereocenters. The number of alkyl halides is 6. The number of morpholine rings is 1. The van der Waals surface area contributed by atoms with Gasteiger partial charge in [0, 0.05) is 26.2 Å². The number of furan rings is 1. The van der Waals surface area contributed by atoms with Crippen molar-refractivity contribution in [3.05, 3.63) is 35.8 Å². The van der Waals surface area contributed by atoms with Gasteiger partial charge in [0.2, 0.25) is 0 Å². The van der Waals surface area contributed by atoms with Gasteiger partial charge in [-0.25, -0.2) is 9.59 Å². The average Bonchev–Trinajstić information content (AvgIpc) is 3.44. The molecule has 36 heavy (non-hydrogen) atoms. The molecule has 2 aromatic heterocycles. The molecule has 0 radical (unpaired) electrons. The summed E-state index contributed by atoms with van der Waals surface area (Å²) < 4.78 is 76.6. The molecule has 1 saturated heterocycles. The summed E-state index contributed by atoms with van der Waals surface area (Å²) in [6.07, 6.45) is -8.44. The van der Waals surface area contributed by atoms with Gasteiger partial charge in [0.15, 0.2) is 0 Å². The van der Waals surface area contributed by atoms with Crippen LogP contribution in [0.5, 0.6) is 0 Å². The lowest BCUT2D eigenvalue weighted by Crippen LogP contribution is -2.38. The van der Waals surface area contributed by atoms with Crippen LogP contribution in [0.15, 0.2) is 22.8 Å². The Labute approximate surface area is 199 Å². The van der Waals surface area contributed by atoms with Gasteiger partial charge in [-0.2, -0.15) is 26.3 Å². The van der Waals surface area contributed by atoms with E-state index in [2.05, 4.69) is 24.6 Å². The first-order valence-electron chi connectivity index (χ1n) is 10.3. The minimum absolute atomic E-state index is 0.817. The molecule has 0 aliphatic carbocycles. The lowest BCUT2D eigenvalue weighted by molar-refractivity contribution is -0.193. The minimum atomic E-state index is -5.08. The molecule has 0 bridgehead atoms. The number of hydrogen-bond acceptors (Lipinski definition) is 8. The van der Waals surface area contributed by atoms with Crippen LogP contribution in [0.2, 0.25) is 0 Å². The Bertz CT molecular complexity index is 949. The quantitative estimate of drug-likeness (QED) is 0.564. The maximum atomic E-state index is 10.6. The van der Waals surface area contributed by atoms with E-state index in [1.807, 2.05) is 12.1 Å². The van der Waals surface area contributed by atoms with E-state index in [-0.39, 0.29) is 0 Å². The van der Waals surface area contributed by atoms with Gasteiger partial charge in [-0.3, -0.25) is 9.80 Å². The summed E-state index contributed by atoms with van der Waals surface area (Å²) in [5, 5.41) is 23.0. The van der Waals surface area contributed by atoms with Crippen LogP contribution in [0.1, 0.15) is 17.4 Å². The van der Waals surface area contributed by atoms with Crippen LogP contribution in [-0.2, 0) is 40.5 Å². The smallest absolute Gasteiger partial charge is 0.475 e. The lowest BCUT2D eigenvalue weighted by atomic mass is 10.3. The molecular weight excluding hydrogens is 508 g/mol. The Hall–Kier alpha value is -3.18. The number of hydrogen-bond donors (Lipinski definition) is 2. The maximum absolute atomic E-state index is 10.6. The van der Waals surface area contributed by atoms with Crippen molar-refractivity contribution in [2.45, 2.75) is 38.5 Å². The zero-order valence-corrected chi connectivity index (χ0v) is 18.6. The van der Waals surface area contributed by atoms with Crippen molar-refractivity contribution in [2.75, 3.05) is 32.8 Å². The molecule has 2 aliphatic heterocycles. The Kier molecular flexibility index (Phi) is 10.2. The van der Waals surface area contributed by atoms with Crippen molar-refractivity contribution in [1.29, 1.82) is 0 Å². The number of aliphatic carboxylic acids is 2. The van der Waals surface area contributed by atoms with E-state index in [4.69, 9.17) is 29.0 Å². The van der Waals surface area contributed by atoms with E-state index >= 15 is 0 Å². The average molecular weight is 531 g/mol. The Morgan fingerprint density at radius 1 is 0.889 bits per heavy atom. The van der Waals surface area contributed by atoms with Crippen molar-refractivity contribution in [2.24, 2.45) is 0 Å². The Morgan fingerprint density at radius 2 is 1.47 bits per heavy atom. The summed E-state index contributed by atoms with van der Waals surface area (Å²) >= 11 is 0. The predicted molar refractivity (Wildman–Crippen MR) is 106 cm³/mol. The molecule has 2 aliphatic rings. The van der Waals surface area contributed by atoms with E-state index in [1.54, 1.807) is 6.26 Å². The SMILES string of the molecule is O=C(O)C(F)(F)F.O=C(O)C(F)(F)F.c1coc(CN2CCn3c(CN4CCOCC4)nnc3C2)c1. The Balaban J connectivity index is 0.000000271. The number of fused-ring (bicyclic) bond motifs is 1. The second-order valence-corrected chi connectivity index (χ2v) is 7.47. The van der Waals surface area contributed by atoms with E-state index < -0.39 is 24.3 Å². The second-order valence-electron chi connectivity index (χ2n) is 7.47. The highest BCUT2D eigenvalue weighted by Gasteiger charge is 2.38. The molecule has 4 rings (SSSR count). The van der Waals surface area contributed by atoms with Gasteiger partial charge in [0.05, 0.1) is 39.1 Å². The van der Waals surface area contributed by atoms with E-state index in [0.717, 1.165) is 76.4 Å². The summed E-state index contributed by atoms with van der Waals surface area (Å²) in [6, 6.07) is 3.95. The monoisotopic (exact) mass is 531 g/mol. The third-order valence-corrected chi connectivity index (χ3v) is 4.82. The van der Waals surface area contributed by atoms with Gasteiger partial charge in [-0.15, -0.1) is 10.2 Å². The number of carbonyl (C=O) groups is 2. The van der Waals surface area contributed by atoms with E-state index in [9.17, 15) is 26.3 Å². The molecule has 0 atom stereocenters. The second kappa shape index (κ2) is 12.7. The summed E-state index contributed by atoms with van der Waals surface area (Å²) in [6.45, 7) is 8.07. The van der Waals surface area contributed by atoms with Crippen molar-refractivity contribution in [3.8, 4) is 0 Å². The Morgan fingerprint density at radius 3 is 1.97 bits per heavy atom. The van der Waals surface area contributed by atoms with Crippen LogP contribution in [0.4, 0.5) is 26.3 Å². The van der Waals surface area contributed by atoms with Gasteiger partial charge in [-0.05, 0) is 12.1 Å². The first-order chi connectivity index (χ1) is 16.8. The molecule has 1 fully saturated rings. The highest BCUT2D eigenvalue weighted by molar-refractivity contribution is 5.73. The highest BCUT2D eigenvalue weighted by Crippen LogP contribution is 2.17. The molecule has 0 saturated carbocycles. The first-order valence-corrected chi connectivity index (χ1v) is 10.3. The van der Waals surface area contributed by atoms with Gasteiger partial charge >= 0.3 is 24.3 Å². The molecule has 17 heteroatoms. The van der Waals surface area contributed by atoms with Crippen LogP contribution in [0.3, 0.4) is 0 Å². The summed E-state index contributed by atoms with van der Waals surface area (Å²) in [5.41, 5.74) is 0. The molecule has 4 heterocycles. The normalized spacial score (nSPS) is 16.7. The minimum Gasteiger partial charge on any atom is -0.475 e. The van der Waals surface area contributed by atoms with Gasteiger partial charge in [0.25, 0.3) is 0 Å². The number of nitrogens with zero attached hydrogens (tertiary/aromatic N) is 5. The van der Waals surface area contributed by atoms with Crippen LogP contribution in [-0.4, -0.2) is 91.9 Å². The van der Waals surface area contributed by atoms with Crippen LogP contribution in [0.25, 0.3) is 0 Å². The zero-order chi connectivity index (χ0) is 26.9. The zero-order valence-electron chi connectivity index (χ0n) is 18.6. The summed E-state index contributed by atoms with van der Waals surface area (Å²) in [4.78, 5) is 22.5. The van der Waals surface area contributed by atoms with Crippen LogP contribution >= 0.6 is 0 Å². The van der Waals surface area contributed by atoms with Crippen molar-refractivity contribution < 1.29 is 55.3 Å². The molecular formula is C19H23F6N5O6. The van der Waals surface area contributed by atoms with E-state index in [1.165, 1.54) is 0 Å².